The zero-order valence-electron chi connectivity index (χ0n) is 21.0. The molecule has 1 aromatic carbocycles. The number of aromatic nitrogens is 1. The smallest absolute Gasteiger partial charge is 0.307 e. The molecule has 1 aromatic heterocycles. The fourth-order valence-corrected chi connectivity index (χ4v) is 4.61. The van der Waals surface area contributed by atoms with Gasteiger partial charge in [-0.25, -0.2) is 4.98 Å². The molecule has 2 N–H and O–H groups in total. The van der Waals surface area contributed by atoms with Gasteiger partial charge in [-0.2, -0.15) is 0 Å². The molecule has 1 aliphatic rings. The van der Waals surface area contributed by atoms with Gasteiger partial charge in [-0.1, -0.05) is 32.3 Å². The average molecular weight is 487 g/mol. The predicted molar refractivity (Wildman–Crippen MR) is 132 cm³/mol. The van der Waals surface area contributed by atoms with Crippen molar-refractivity contribution in [1.29, 1.82) is 0 Å². The number of nitrogens with one attached hydrogen (secondary N) is 1. The second kappa shape index (κ2) is 13.3. The normalized spacial score (nSPS) is 18.7. The Balaban J connectivity index is 1.46. The highest BCUT2D eigenvalue weighted by molar-refractivity contribution is 5.82. The van der Waals surface area contributed by atoms with Crippen molar-refractivity contribution >= 4 is 11.9 Å². The van der Waals surface area contributed by atoms with E-state index in [2.05, 4.69) is 10.3 Å². The molecule has 3 atom stereocenters. The van der Waals surface area contributed by atoms with Crippen LogP contribution in [0.1, 0.15) is 69.7 Å². The van der Waals surface area contributed by atoms with E-state index in [4.69, 9.17) is 13.9 Å². The molecule has 1 heterocycles. The first-order valence-corrected chi connectivity index (χ1v) is 12.6. The average Bonchev–Trinajstić information content (AvgIpc) is 3.22. The quantitative estimate of drug-likeness (QED) is 0.404. The van der Waals surface area contributed by atoms with Crippen LogP contribution < -0.4 is 10.1 Å². The summed E-state index contributed by atoms with van der Waals surface area (Å²) in [6, 6.07) is 7.65. The van der Waals surface area contributed by atoms with Crippen LogP contribution in [0.15, 0.2) is 28.7 Å². The lowest BCUT2D eigenvalue weighted by atomic mass is 9.86. The molecule has 0 bridgehead atoms. The van der Waals surface area contributed by atoms with E-state index in [-0.39, 0.29) is 18.4 Å². The summed E-state index contributed by atoms with van der Waals surface area (Å²) in [5.41, 5.74) is 1.62. The van der Waals surface area contributed by atoms with Crippen molar-refractivity contribution < 1.29 is 28.6 Å². The van der Waals surface area contributed by atoms with Gasteiger partial charge in [0.25, 0.3) is 0 Å². The number of nitrogens with zero attached hydrogens (tertiary/aromatic N) is 1. The fraction of sp³-hybridized carbons (Fsp3) is 0.593. The lowest BCUT2D eigenvalue weighted by Gasteiger charge is -2.30. The number of oxazole rings is 1. The van der Waals surface area contributed by atoms with Crippen molar-refractivity contribution in [2.75, 3.05) is 13.7 Å². The largest absolute Gasteiger partial charge is 0.497 e. The molecule has 3 unspecified atom stereocenters. The van der Waals surface area contributed by atoms with Crippen LogP contribution in [-0.2, 0) is 20.9 Å². The van der Waals surface area contributed by atoms with E-state index >= 15 is 0 Å². The van der Waals surface area contributed by atoms with Crippen LogP contribution in [-0.4, -0.2) is 41.7 Å². The van der Waals surface area contributed by atoms with Gasteiger partial charge in [-0.3, -0.25) is 9.59 Å². The number of amides is 1. The molecule has 1 fully saturated rings. The first kappa shape index (κ1) is 26.7. The Morgan fingerprint density at radius 1 is 1.31 bits per heavy atom. The molecule has 8 nitrogen and oxygen atoms in total. The summed E-state index contributed by atoms with van der Waals surface area (Å²) in [5.74, 6) is 0.700. The molecule has 0 spiro atoms. The van der Waals surface area contributed by atoms with Crippen molar-refractivity contribution in [1.82, 2.24) is 10.3 Å². The number of hydrogen-bond acceptors (Lipinski definition) is 6. The number of hydrogen-bond donors (Lipinski definition) is 2. The second-order valence-corrected chi connectivity index (χ2v) is 9.45. The number of benzene rings is 1. The van der Waals surface area contributed by atoms with Crippen molar-refractivity contribution in [2.24, 2.45) is 11.8 Å². The number of carbonyl (C=O) groups excluding carboxylic acids is 1. The highest BCUT2D eigenvalue weighted by Gasteiger charge is 2.26. The van der Waals surface area contributed by atoms with Gasteiger partial charge in [-0.15, -0.1) is 0 Å². The Bertz CT molecular complexity index is 972. The Morgan fingerprint density at radius 3 is 2.89 bits per heavy atom. The van der Waals surface area contributed by atoms with Crippen LogP contribution in [0.2, 0.25) is 0 Å². The lowest BCUT2D eigenvalue weighted by Crippen LogP contribution is -2.40. The summed E-state index contributed by atoms with van der Waals surface area (Å²) in [7, 11) is 1.63. The molecule has 0 aliphatic heterocycles. The number of methoxy groups -OCH3 is 1. The molecule has 8 heteroatoms. The number of carboxylic acid groups (broad SMARTS) is 1. The Kier molecular flexibility index (Phi) is 10.1. The molecule has 1 aliphatic carbocycles. The van der Waals surface area contributed by atoms with Crippen LogP contribution in [0.25, 0.3) is 11.5 Å². The number of aliphatic carboxylic acids is 1. The summed E-state index contributed by atoms with van der Waals surface area (Å²) >= 11 is 0. The molecule has 2 aromatic rings. The van der Waals surface area contributed by atoms with Gasteiger partial charge in [0.1, 0.15) is 17.2 Å². The molecule has 1 saturated carbocycles. The third-order valence-corrected chi connectivity index (χ3v) is 6.64. The maximum absolute atomic E-state index is 12.5. The highest BCUT2D eigenvalue weighted by Crippen LogP contribution is 2.27. The SMILES string of the molecule is CCCCC(CC(=O)NC1CCCC(COCc2nc(-c3cccc(OC)c3)oc2C)C1)C(=O)O. The van der Waals surface area contributed by atoms with Crippen LogP contribution >= 0.6 is 0 Å². The van der Waals surface area contributed by atoms with Gasteiger partial charge < -0.3 is 24.3 Å². The molecular weight excluding hydrogens is 448 g/mol. The molecule has 1 amide bonds. The Hall–Kier alpha value is -2.87. The first-order chi connectivity index (χ1) is 16.9. The van der Waals surface area contributed by atoms with E-state index < -0.39 is 11.9 Å². The lowest BCUT2D eigenvalue weighted by molar-refractivity contribution is -0.144. The van der Waals surface area contributed by atoms with Gasteiger partial charge in [0.15, 0.2) is 0 Å². The molecular formula is C27H38N2O6. The standard InChI is InChI=1S/C27H38N2O6/c1-4-5-9-21(27(31)32)15-25(30)28-22-11-6-8-19(13-22)16-34-17-24-18(2)35-26(29-24)20-10-7-12-23(14-20)33-3/h7,10,12,14,19,21-22H,4-6,8-9,11,13,15-17H2,1-3H3,(H,28,30)(H,31,32). The van der Waals surface area contributed by atoms with E-state index in [1.165, 1.54) is 0 Å². The maximum atomic E-state index is 12.5. The third-order valence-electron chi connectivity index (χ3n) is 6.64. The van der Waals surface area contributed by atoms with E-state index in [1.54, 1.807) is 7.11 Å². The summed E-state index contributed by atoms with van der Waals surface area (Å²) in [6.45, 7) is 4.85. The number of unbranched alkanes of at least 4 members (excludes halogenated alkanes) is 1. The topological polar surface area (TPSA) is 111 Å². The Morgan fingerprint density at radius 2 is 2.14 bits per heavy atom. The van der Waals surface area contributed by atoms with Crippen LogP contribution in [0.4, 0.5) is 0 Å². The number of aryl methyl sites for hydroxylation is 1. The third kappa shape index (κ3) is 8.09. The van der Waals surface area contributed by atoms with E-state index in [1.807, 2.05) is 38.1 Å². The maximum Gasteiger partial charge on any atom is 0.307 e. The van der Waals surface area contributed by atoms with Crippen molar-refractivity contribution in [3.05, 3.63) is 35.7 Å². The summed E-state index contributed by atoms with van der Waals surface area (Å²) < 4.78 is 17.1. The zero-order chi connectivity index (χ0) is 25.2. The van der Waals surface area contributed by atoms with Crippen molar-refractivity contribution in [3.63, 3.8) is 0 Å². The molecule has 0 radical (unpaired) electrons. The van der Waals surface area contributed by atoms with Crippen molar-refractivity contribution in [3.8, 4) is 17.2 Å². The zero-order valence-corrected chi connectivity index (χ0v) is 21.0. The van der Waals surface area contributed by atoms with E-state index in [9.17, 15) is 14.7 Å². The summed E-state index contributed by atoms with van der Waals surface area (Å²) in [4.78, 5) is 28.5. The van der Waals surface area contributed by atoms with Crippen LogP contribution in [0.3, 0.4) is 0 Å². The fourth-order valence-electron chi connectivity index (χ4n) is 4.61. The Labute approximate surface area is 207 Å². The first-order valence-electron chi connectivity index (χ1n) is 12.6. The van der Waals surface area contributed by atoms with Gasteiger partial charge in [0.2, 0.25) is 11.8 Å². The monoisotopic (exact) mass is 486 g/mol. The van der Waals surface area contributed by atoms with Gasteiger partial charge in [-0.05, 0) is 56.7 Å². The number of ether oxygens (including phenoxy) is 2. The van der Waals surface area contributed by atoms with Gasteiger partial charge in [0, 0.05) is 24.6 Å². The van der Waals surface area contributed by atoms with Crippen molar-refractivity contribution in [2.45, 2.75) is 77.9 Å². The minimum atomic E-state index is -0.888. The van der Waals surface area contributed by atoms with Gasteiger partial charge >= 0.3 is 5.97 Å². The number of carbonyl (C=O) groups is 2. The van der Waals surface area contributed by atoms with Crippen LogP contribution in [0, 0.1) is 18.8 Å². The summed E-state index contributed by atoms with van der Waals surface area (Å²) in [6.07, 6.45) is 6.15. The minimum absolute atomic E-state index is 0.0497. The molecule has 35 heavy (non-hydrogen) atoms. The predicted octanol–water partition coefficient (Wildman–Crippen LogP) is 5.13. The summed E-state index contributed by atoms with van der Waals surface area (Å²) in [5, 5.41) is 12.4. The molecule has 192 valence electrons. The highest BCUT2D eigenvalue weighted by atomic mass is 16.5. The minimum Gasteiger partial charge on any atom is -0.497 e. The number of carboxylic acids is 1. The van der Waals surface area contributed by atoms with E-state index in [0.29, 0.717) is 31.4 Å². The van der Waals surface area contributed by atoms with Gasteiger partial charge in [0.05, 0.1) is 19.6 Å². The second-order valence-electron chi connectivity index (χ2n) is 9.45. The van der Waals surface area contributed by atoms with Crippen LogP contribution in [0.5, 0.6) is 5.75 Å². The number of rotatable bonds is 13. The molecule has 0 saturated heterocycles. The van der Waals surface area contributed by atoms with E-state index in [0.717, 1.165) is 61.3 Å². The molecule has 3 rings (SSSR count).